The maximum Gasteiger partial charge on any atom is 0.343 e. The van der Waals surface area contributed by atoms with Crippen molar-refractivity contribution in [2.45, 2.75) is 0 Å². The van der Waals surface area contributed by atoms with E-state index in [2.05, 4.69) is 0 Å². The first kappa shape index (κ1) is 19.1. The number of ether oxygens (including phenoxy) is 2. The quantitative estimate of drug-likeness (QED) is 0.393. The number of hydrogen-bond acceptors (Lipinski definition) is 7. The molecular formula is C23H18N2O5. The fourth-order valence-corrected chi connectivity index (χ4v) is 3.10. The summed E-state index contributed by atoms with van der Waals surface area (Å²) in [4.78, 5) is 25.9. The van der Waals surface area contributed by atoms with E-state index in [-0.39, 0.29) is 17.1 Å². The average molecular weight is 402 g/mol. The maximum absolute atomic E-state index is 13.1. The number of rotatable bonds is 4. The van der Waals surface area contributed by atoms with Gasteiger partial charge in [-0.2, -0.15) is 0 Å². The minimum atomic E-state index is -0.772. The van der Waals surface area contributed by atoms with Crippen LogP contribution in [-0.4, -0.2) is 13.1 Å². The third-order valence-electron chi connectivity index (χ3n) is 4.52. The second kappa shape index (κ2) is 7.63. The first-order chi connectivity index (χ1) is 14.5. The molecule has 0 aliphatic rings. The van der Waals surface area contributed by atoms with Crippen LogP contribution >= 0.6 is 0 Å². The van der Waals surface area contributed by atoms with Crippen molar-refractivity contribution in [3.05, 3.63) is 82.5 Å². The van der Waals surface area contributed by atoms with Crippen LogP contribution in [0.3, 0.4) is 0 Å². The number of nitrogens with two attached hydrogens (primary N) is 2. The first-order valence-corrected chi connectivity index (χ1v) is 9.05. The van der Waals surface area contributed by atoms with Gasteiger partial charge in [-0.05, 0) is 54.6 Å². The zero-order valence-corrected chi connectivity index (χ0v) is 16.0. The highest BCUT2D eigenvalue weighted by Gasteiger charge is 2.21. The molecule has 150 valence electrons. The van der Waals surface area contributed by atoms with E-state index in [0.29, 0.717) is 33.7 Å². The summed E-state index contributed by atoms with van der Waals surface area (Å²) in [5, 5.41) is 0.296. The van der Waals surface area contributed by atoms with Crippen molar-refractivity contribution >= 4 is 28.3 Å². The van der Waals surface area contributed by atoms with Crippen molar-refractivity contribution in [3.8, 4) is 22.8 Å². The summed E-state index contributed by atoms with van der Waals surface area (Å²) in [5.41, 5.74) is 12.7. The maximum atomic E-state index is 13.1. The van der Waals surface area contributed by atoms with Gasteiger partial charge in [-0.15, -0.1) is 0 Å². The van der Waals surface area contributed by atoms with E-state index in [1.54, 1.807) is 55.6 Å². The molecule has 7 nitrogen and oxygen atoms in total. The van der Waals surface area contributed by atoms with Crippen LogP contribution in [0.25, 0.3) is 22.3 Å². The van der Waals surface area contributed by atoms with Crippen molar-refractivity contribution in [2.24, 2.45) is 0 Å². The Hall–Kier alpha value is -4.26. The standard InChI is InChI=1S/C23H18N2O5/c1-28-17-8-6-13(7-9-17)21-22(20(26)18-4-2-3-5-19(18)29-21)30-23(27)14-10-15(24)12-16(25)11-14/h2-12H,24-25H2,1H3. The average Bonchev–Trinajstić information content (AvgIpc) is 2.75. The van der Waals surface area contributed by atoms with Gasteiger partial charge in [-0.25, -0.2) is 4.79 Å². The van der Waals surface area contributed by atoms with E-state index in [4.69, 9.17) is 25.4 Å². The molecule has 0 bridgehead atoms. The molecule has 4 rings (SSSR count). The lowest BCUT2D eigenvalue weighted by molar-refractivity contribution is 0.0731. The Morgan fingerprint density at radius 1 is 0.933 bits per heavy atom. The first-order valence-electron chi connectivity index (χ1n) is 9.05. The molecule has 4 N–H and O–H groups in total. The van der Waals surface area contributed by atoms with Crippen LogP contribution in [0.5, 0.6) is 11.5 Å². The summed E-state index contributed by atoms with van der Waals surface area (Å²) in [6.07, 6.45) is 0. The van der Waals surface area contributed by atoms with Gasteiger partial charge in [0.2, 0.25) is 11.2 Å². The molecule has 3 aromatic carbocycles. The van der Waals surface area contributed by atoms with Gasteiger partial charge in [-0.3, -0.25) is 4.79 Å². The Labute approximate surface area is 171 Å². The van der Waals surface area contributed by atoms with Crippen molar-refractivity contribution in [3.63, 3.8) is 0 Å². The molecule has 0 aliphatic carbocycles. The molecule has 0 saturated heterocycles. The van der Waals surface area contributed by atoms with Gasteiger partial charge >= 0.3 is 5.97 Å². The lowest BCUT2D eigenvalue weighted by Crippen LogP contribution is -2.16. The Morgan fingerprint density at radius 3 is 2.27 bits per heavy atom. The van der Waals surface area contributed by atoms with Crippen LogP contribution in [-0.2, 0) is 0 Å². The topological polar surface area (TPSA) is 118 Å². The summed E-state index contributed by atoms with van der Waals surface area (Å²) >= 11 is 0. The number of anilines is 2. The zero-order chi connectivity index (χ0) is 21.3. The van der Waals surface area contributed by atoms with Gasteiger partial charge < -0.3 is 25.4 Å². The van der Waals surface area contributed by atoms with Crippen molar-refractivity contribution in [2.75, 3.05) is 18.6 Å². The van der Waals surface area contributed by atoms with Crippen molar-refractivity contribution in [1.29, 1.82) is 0 Å². The van der Waals surface area contributed by atoms with Crippen LogP contribution < -0.4 is 26.4 Å². The summed E-state index contributed by atoms with van der Waals surface area (Å²) in [6, 6.07) is 18.0. The zero-order valence-electron chi connectivity index (χ0n) is 16.0. The predicted octanol–water partition coefficient (Wildman–Crippen LogP) is 3.85. The van der Waals surface area contributed by atoms with E-state index in [0.717, 1.165) is 0 Å². The van der Waals surface area contributed by atoms with Crippen LogP contribution in [0.1, 0.15) is 10.4 Å². The minimum absolute atomic E-state index is 0.126. The lowest BCUT2D eigenvalue weighted by Gasteiger charge is -2.11. The monoisotopic (exact) mass is 402 g/mol. The van der Waals surface area contributed by atoms with Gasteiger partial charge in [0.15, 0.2) is 5.76 Å². The Balaban J connectivity index is 1.87. The van der Waals surface area contributed by atoms with Gasteiger partial charge in [0.25, 0.3) is 0 Å². The van der Waals surface area contributed by atoms with Crippen LogP contribution in [0.4, 0.5) is 11.4 Å². The molecule has 4 aromatic rings. The van der Waals surface area contributed by atoms with E-state index in [1.165, 1.54) is 18.2 Å². The summed E-state index contributed by atoms with van der Waals surface area (Å²) in [7, 11) is 1.55. The van der Waals surface area contributed by atoms with Crippen LogP contribution in [0.2, 0.25) is 0 Å². The minimum Gasteiger partial charge on any atom is -0.497 e. The summed E-state index contributed by atoms with van der Waals surface area (Å²) in [5.74, 6) is -0.224. The molecule has 7 heteroatoms. The number of nitrogen functional groups attached to an aromatic ring is 2. The molecule has 0 fully saturated rings. The third-order valence-corrected chi connectivity index (χ3v) is 4.52. The van der Waals surface area contributed by atoms with Crippen LogP contribution in [0, 0.1) is 0 Å². The second-order valence-corrected chi connectivity index (χ2v) is 6.59. The molecular weight excluding hydrogens is 384 g/mol. The van der Waals surface area contributed by atoms with Gasteiger partial charge in [-0.1, -0.05) is 12.1 Å². The molecule has 0 unspecified atom stereocenters. The lowest BCUT2D eigenvalue weighted by atomic mass is 10.1. The van der Waals surface area contributed by atoms with Gasteiger partial charge in [0, 0.05) is 16.9 Å². The SMILES string of the molecule is COc1ccc(-c2oc3ccccc3c(=O)c2OC(=O)c2cc(N)cc(N)c2)cc1. The second-order valence-electron chi connectivity index (χ2n) is 6.59. The normalized spacial score (nSPS) is 10.7. The number of carbonyl (C=O) groups is 1. The number of methoxy groups -OCH3 is 1. The summed E-state index contributed by atoms with van der Waals surface area (Å²) < 4.78 is 16.6. The van der Waals surface area contributed by atoms with Crippen molar-refractivity contribution < 1.29 is 18.7 Å². The molecule has 1 heterocycles. The Kier molecular flexibility index (Phi) is 4.85. The molecule has 0 amide bonds. The predicted molar refractivity (Wildman–Crippen MR) is 115 cm³/mol. The number of esters is 1. The molecule has 0 aliphatic heterocycles. The molecule has 0 spiro atoms. The van der Waals surface area contributed by atoms with E-state index < -0.39 is 11.4 Å². The van der Waals surface area contributed by atoms with Gasteiger partial charge in [0.05, 0.1) is 18.1 Å². The Bertz CT molecular complexity index is 1290. The van der Waals surface area contributed by atoms with E-state index >= 15 is 0 Å². The highest BCUT2D eigenvalue weighted by molar-refractivity contribution is 5.94. The number of hydrogen-bond donors (Lipinski definition) is 2. The number of para-hydroxylation sites is 1. The smallest absolute Gasteiger partial charge is 0.343 e. The fourth-order valence-electron chi connectivity index (χ4n) is 3.10. The van der Waals surface area contributed by atoms with Crippen molar-refractivity contribution in [1.82, 2.24) is 0 Å². The highest BCUT2D eigenvalue weighted by atomic mass is 16.5. The van der Waals surface area contributed by atoms with E-state index in [1.807, 2.05) is 0 Å². The molecule has 0 atom stereocenters. The third kappa shape index (κ3) is 3.56. The highest BCUT2D eigenvalue weighted by Crippen LogP contribution is 2.32. The summed E-state index contributed by atoms with van der Waals surface area (Å²) in [6.45, 7) is 0. The van der Waals surface area contributed by atoms with Crippen LogP contribution in [0.15, 0.2) is 75.9 Å². The molecule has 1 aromatic heterocycles. The molecule has 0 saturated carbocycles. The molecule has 30 heavy (non-hydrogen) atoms. The number of fused-ring (bicyclic) bond motifs is 1. The largest absolute Gasteiger partial charge is 0.497 e. The Morgan fingerprint density at radius 2 is 1.60 bits per heavy atom. The number of carbonyl (C=O) groups excluding carboxylic acids is 1. The molecule has 0 radical (unpaired) electrons. The van der Waals surface area contributed by atoms with E-state index in [9.17, 15) is 9.59 Å². The number of benzene rings is 3. The van der Waals surface area contributed by atoms with Gasteiger partial charge in [0.1, 0.15) is 11.3 Å². The fraction of sp³-hybridized carbons (Fsp3) is 0.0435.